The van der Waals surface area contributed by atoms with Crippen molar-refractivity contribution < 1.29 is 4.79 Å². The number of rotatable bonds is 3. The summed E-state index contributed by atoms with van der Waals surface area (Å²) >= 11 is 1.56. The SMILES string of the molecule is CC(=O)N1CCC(c2nc(C)cc(Nc3nc(C)cs3)n2)C1. The van der Waals surface area contributed by atoms with E-state index in [4.69, 9.17) is 0 Å². The maximum Gasteiger partial charge on any atom is 0.219 e. The molecule has 116 valence electrons. The highest BCUT2D eigenvalue weighted by Crippen LogP contribution is 2.27. The predicted octanol–water partition coefficient (Wildman–Crippen LogP) is 2.63. The average molecular weight is 317 g/mol. The fourth-order valence-electron chi connectivity index (χ4n) is 2.62. The summed E-state index contributed by atoms with van der Waals surface area (Å²) in [5.74, 6) is 1.90. The van der Waals surface area contributed by atoms with Crippen LogP contribution in [0.5, 0.6) is 0 Å². The number of amides is 1. The summed E-state index contributed by atoms with van der Waals surface area (Å²) in [4.78, 5) is 26.9. The Labute approximate surface area is 133 Å². The molecule has 6 nitrogen and oxygen atoms in total. The number of nitrogens with zero attached hydrogens (tertiary/aromatic N) is 4. The molecule has 1 saturated heterocycles. The molecule has 22 heavy (non-hydrogen) atoms. The van der Waals surface area contributed by atoms with Crippen LogP contribution in [0, 0.1) is 13.8 Å². The molecule has 2 aromatic heterocycles. The highest BCUT2D eigenvalue weighted by atomic mass is 32.1. The summed E-state index contributed by atoms with van der Waals surface area (Å²) in [6.45, 7) is 7.02. The van der Waals surface area contributed by atoms with Crippen molar-refractivity contribution in [3.05, 3.63) is 28.7 Å². The molecule has 2 aromatic rings. The molecule has 0 spiro atoms. The van der Waals surface area contributed by atoms with Crippen molar-refractivity contribution in [2.24, 2.45) is 0 Å². The van der Waals surface area contributed by atoms with Gasteiger partial charge in [0.1, 0.15) is 11.6 Å². The highest BCUT2D eigenvalue weighted by molar-refractivity contribution is 7.13. The van der Waals surface area contributed by atoms with Crippen LogP contribution < -0.4 is 5.32 Å². The van der Waals surface area contributed by atoms with E-state index in [2.05, 4.69) is 20.3 Å². The molecule has 1 unspecified atom stereocenters. The Morgan fingerprint density at radius 2 is 2.14 bits per heavy atom. The molecule has 0 radical (unpaired) electrons. The van der Waals surface area contributed by atoms with Crippen LogP contribution in [-0.2, 0) is 4.79 Å². The second-order valence-electron chi connectivity index (χ2n) is 5.62. The van der Waals surface area contributed by atoms with Gasteiger partial charge in [-0.3, -0.25) is 4.79 Å². The first-order valence-corrected chi connectivity index (χ1v) is 8.19. The molecule has 1 aliphatic heterocycles. The van der Waals surface area contributed by atoms with Gasteiger partial charge in [-0.25, -0.2) is 15.0 Å². The molecule has 1 amide bonds. The van der Waals surface area contributed by atoms with Gasteiger partial charge in [0.25, 0.3) is 0 Å². The lowest BCUT2D eigenvalue weighted by Crippen LogP contribution is -2.25. The van der Waals surface area contributed by atoms with Crippen molar-refractivity contribution in [1.82, 2.24) is 19.9 Å². The number of anilines is 2. The predicted molar refractivity (Wildman–Crippen MR) is 86.5 cm³/mol. The molecular formula is C15H19N5OS. The monoisotopic (exact) mass is 317 g/mol. The van der Waals surface area contributed by atoms with E-state index in [1.807, 2.05) is 30.2 Å². The van der Waals surface area contributed by atoms with Crippen molar-refractivity contribution in [3.63, 3.8) is 0 Å². The van der Waals surface area contributed by atoms with E-state index in [-0.39, 0.29) is 11.8 Å². The minimum Gasteiger partial charge on any atom is -0.342 e. The molecule has 3 heterocycles. The first-order valence-electron chi connectivity index (χ1n) is 7.31. The maximum absolute atomic E-state index is 11.5. The van der Waals surface area contributed by atoms with Crippen LogP contribution in [0.15, 0.2) is 11.4 Å². The number of carbonyl (C=O) groups excluding carboxylic acids is 1. The van der Waals surface area contributed by atoms with Crippen LogP contribution in [0.2, 0.25) is 0 Å². The number of hydrogen-bond donors (Lipinski definition) is 1. The minimum atomic E-state index is 0.117. The molecule has 1 atom stereocenters. The maximum atomic E-state index is 11.5. The minimum absolute atomic E-state index is 0.117. The van der Waals surface area contributed by atoms with E-state index in [1.54, 1.807) is 18.3 Å². The quantitative estimate of drug-likeness (QED) is 0.942. The van der Waals surface area contributed by atoms with Crippen LogP contribution in [0.3, 0.4) is 0 Å². The van der Waals surface area contributed by atoms with Gasteiger partial charge < -0.3 is 10.2 Å². The van der Waals surface area contributed by atoms with Crippen molar-refractivity contribution >= 4 is 28.2 Å². The van der Waals surface area contributed by atoms with Crippen molar-refractivity contribution in [1.29, 1.82) is 0 Å². The summed E-state index contributed by atoms with van der Waals surface area (Å²) < 4.78 is 0. The van der Waals surface area contributed by atoms with Crippen molar-refractivity contribution in [2.75, 3.05) is 18.4 Å². The smallest absolute Gasteiger partial charge is 0.219 e. The molecule has 3 rings (SSSR count). The van der Waals surface area contributed by atoms with E-state index < -0.39 is 0 Å². The number of aromatic nitrogens is 3. The lowest BCUT2D eigenvalue weighted by molar-refractivity contribution is -0.127. The molecule has 0 aromatic carbocycles. The molecule has 1 aliphatic rings. The lowest BCUT2D eigenvalue weighted by Gasteiger charge is -2.14. The molecule has 7 heteroatoms. The second-order valence-corrected chi connectivity index (χ2v) is 6.48. The summed E-state index contributed by atoms with van der Waals surface area (Å²) in [5.41, 5.74) is 1.91. The first kappa shape index (κ1) is 14.9. The topological polar surface area (TPSA) is 71.0 Å². The third kappa shape index (κ3) is 3.24. The van der Waals surface area contributed by atoms with Crippen LogP contribution in [0.1, 0.15) is 36.5 Å². The van der Waals surface area contributed by atoms with Gasteiger partial charge in [-0.05, 0) is 20.3 Å². The summed E-state index contributed by atoms with van der Waals surface area (Å²) in [5, 5.41) is 6.07. The van der Waals surface area contributed by atoms with E-state index >= 15 is 0 Å². The van der Waals surface area contributed by atoms with Gasteiger partial charge in [0.05, 0.1) is 5.69 Å². The lowest BCUT2D eigenvalue weighted by atomic mass is 10.1. The molecule has 1 N–H and O–H groups in total. The number of aryl methyl sites for hydroxylation is 2. The van der Waals surface area contributed by atoms with E-state index in [9.17, 15) is 4.79 Å². The summed E-state index contributed by atoms with van der Waals surface area (Å²) in [6, 6.07) is 1.91. The summed E-state index contributed by atoms with van der Waals surface area (Å²) in [7, 11) is 0. The number of carbonyl (C=O) groups is 1. The molecule has 0 bridgehead atoms. The number of likely N-dealkylation sites (tertiary alicyclic amines) is 1. The fraction of sp³-hybridized carbons (Fsp3) is 0.467. The highest BCUT2D eigenvalue weighted by Gasteiger charge is 2.27. The molecule has 0 saturated carbocycles. The fourth-order valence-corrected chi connectivity index (χ4v) is 3.31. The first-order chi connectivity index (χ1) is 10.5. The van der Waals surface area contributed by atoms with Gasteiger partial charge in [0.15, 0.2) is 5.13 Å². The van der Waals surface area contributed by atoms with Gasteiger partial charge in [-0.1, -0.05) is 0 Å². The second kappa shape index (κ2) is 6.00. The van der Waals surface area contributed by atoms with Gasteiger partial charge >= 0.3 is 0 Å². The van der Waals surface area contributed by atoms with Gasteiger partial charge in [-0.15, -0.1) is 11.3 Å². The van der Waals surface area contributed by atoms with Gasteiger partial charge in [0, 0.05) is 43.1 Å². The third-order valence-corrected chi connectivity index (χ3v) is 4.60. The zero-order valence-corrected chi connectivity index (χ0v) is 13.8. The molecular weight excluding hydrogens is 298 g/mol. The molecule has 1 fully saturated rings. The standard InChI is InChI=1S/C15H19N5OS/c1-9-6-13(19-15-17-10(2)8-22-15)18-14(16-9)12-4-5-20(7-12)11(3)21/h6,8,12H,4-5,7H2,1-3H3,(H,16,17,18,19). The van der Waals surface area contributed by atoms with Gasteiger partial charge in [-0.2, -0.15) is 0 Å². The Hall–Kier alpha value is -2.02. The summed E-state index contributed by atoms with van der Waals surface area (Å²) in [6.07, 6.45) is 0.916. The zero-order valence-electron chi connectivity index (χ0n) is 13.0. The van der Waals surface area contributed by atoms with Crippen molar-refractivity contribution in [2.45, 2.75) is 33.1 Å². The normalized spacial score (nSPS) is 17.8. The number of hydrogen-bond acceptors (Lipinski definition) is 6. The van der Waals surface area contributed by atoms with Gasteiger partial charge in [0.2, 0.25) is 5.91 Å². The van der Waals surface area contributed by atoms with Crippen LogP contribution >= 0.6 is 11.3 Å². The van der Waals surface area contributed by atoms with Crippen LogP contribution in [0.25, 0.3) is 0 Å². The average Bonchev–Trinajstić information content (AvgIpc) is 3.07. The largest absolute Gasteiger partial charge is 0.342 e. The van der Waals surface area contributed by atoms with Crippen molar-refractivity contribution in [3.8, 4) is 0 Å². The van der Waals surface area contributed by atoms with Crippen LogP contribution in [0.4, 0.5) is 10.9 Å². The van der Waals surface area contributed by atoms with Crippen LogP contribution in [-0.4, -0.2) is 38.8 Å². The Morgan fingerprint density at radius 3 is 2.77 bits per heavy atom. The Morgan fingerprint density at radius 1 is 1.32 bits per heavy atom. The molecule has 0 aliphatic carbocycles. The third-order valence-electron chi connectivity index (χ3n) is 3.72. The number of thiazole rings is 1. The van der Waals surface area contributed by atoms with E-state index in [0.29, 0.717) is 6.54 Å². The Kier molecular flexibility index (Phi) is 4.06. The Balaban J connectivity index is 1.79. The van der Waals surface area contributed by atoms with E-state index in [1.165, 1.54) is 0 Å². The zero-order chi connectivity index (χ0) is 15.7. The Bertz CT molecular complexity index is 699. The number of nitrogens with one attached hydrogen (secondary N) is 1. The van der Waals surface area contributed by atoms with E-state index in [0.717, 1.165) is 41.1 Å².